The number of carbonyl (C=O) groups excluding carboxylic acids is 2. The molecule has 8 heteroatoms. The van der Waals surface area contributed by atoms with E-state index in [4.69, 9.17) is 13.7 Å². The Labute approximate surface area is 302 Å². The summed E-state index contributed by atoms with van der Waals surface area (Å²) in [6.45, 7) is 4.22. The molecule has 0 saturated carbocycles. The molecule has 0 aromatic rings. The lowest BCUT2D eigenvalue weighted by Crippen LogP contribution is -2.26. The number of rotatable bonds is 37. The maximum atomic E-state index is 12.3. The molecule has 0 aliphatic heterocycles. The van der Waals surface area contributed by atoms with Crippen LogP contribution in [-0.4, -0.2) is 46.4 Å². The van der Waals surface area contributed by atoms with E-state index in [-0.39, 0.29) is 31.8 Å². The minimum Gasteiger partial charge on any atom is -0.465 e. The lowest BCUT2D eigenvalue weighted by atomic mass is 10.1. The van der Waals surface area contributed by atoms with Crippen molar-refractivity contribution < 1.29 is 31.7 Å². The fourth-order valence-corrected chi connectivity index (χ4v) is 6.05. The van der Waals surface area contributed by atoms with E-state index in [2.05, 4.69) is 38.2 Å². The van der Waals surface area contributed by atoms with Gasteiger partial charge in [-0.1, -0.05) is 141 Å². The molecule has 0 fully saturated rings. The Balaban J connectivity index is 3.95. The first kappa shape index (κ1) is 47.3. The summed E-state index contributed by atoms with van der Waals surface area (Å²) in [6.07, 6.45) is 41.9. The van der Waals surface area contributed by atoms with Crippen LogP contribution in [0.2, 0.25) is 0 Å². The van der Waals surface area contributed by atoms with Crippen LogP contribution in [-0.2, 0) is 33.4 Å². The number of ether oxygens (including phenoxy) is 2. The summed E-state index contributed by atoms with van der Waals surface area (Å²) < 4.78 is 38.7. The van der Waals surface area contributed by atoms with Gasteiger partial charge in [0.25, 0.3) is 10.1 Å². The average molecular weight is 713 g/mol. The van der Waals surface area contributed by atoms with Crippen molar-refractivity contribution in [2.45, 2.75) is 194 Å². The van der Waals surface area contributed by atoms with Gasteiger partial charge in [0.05, 0.1) is 32.0 Å². The zero-order chi connectivity index (χ0) is 36.1. The molecule has 0 bridgehead atoms. The predicted octanol–water partition coefficient (Wildman–Crippen LogP) is 11.7. The van der Waals surface area contributed by atoms with Crippen molar-refractivity contribution in [2.75, 3.05) is 26.1 Å². The number of allylic oxidation sites excluding steroid dienone is 4. The fourth-order valence-electron chi connectivity index (χ4n) is 5.61. The molecule has 0 unspecified atom stereocenters. The van der Waals surface area contributed by atoms with E-state index in [1.54, 1.807) is 0 Å². The maximum absolute atomic E-state index is 12.3. The molecule has 0 saturated heterocycles. The SMILES string of the molecule is CCCCCCCC/C=C\CCCCCCCC(=O)OCC(COC(=O)CCCCCCC/C=C\CCCCCCCC)COS(C)(=O)=O. The largest absolute Gasteiger partial charge is 0.465 e. The molecular weight excluding hydrogens is 637 g/mol. The van der Waals surface area contributed by atoms with Crippen molar-refractivity contribution in [3.8, 4) is 0 Å². The molecule has 0 spiro atoms. The van der Waals surface area contributed by atoms with E-state index >= 15 is 0 Å². The molecule has 0 rings (SSSR count). The second kappa shape index (κ2) is 36.1. The molecule has 7 nitrogen and oxygen atoms in total. The normalized spacial score (nSPS) is 12.1. The third-order valence-electron chi connectivity index (χ3n) is 8.76. The predicted molar refractivity (Wildman–Crippen MR) is 205 cm³/mol. The van der Waals surface area contributed by atoms with Crippen molar-refractivity contribution >= 4 is 22.1 Å². The number of unbranched alkanes of at least 4 members (excludes halogenated alkanes) is 22. The van der Waals surface area contributed by atoms with Gasteiger partial charge < -0.3 is 9.47 Å². The van der Waals surface area contributed by atoms with Crippen LogP contribution in [0.5, 0.6) is 0 Å². The van der Waals surface area contributed by atoms with E-state index in [1.165, 1.54) is 103 Å². The number of hydrogen-bond acceptors (Lipinski definition) is 7. The first-order valence-corrected chi connectivity index (χ1v) is 22.1. The molecule has 0 aliphatic rings. The Kier molecular flexibility index (Phi) is 34.9. The summed E-state index contributed by atoms with van der Waals surface area (Å²) in [6, 6.07) is 0. The minimum atomic E-state index is -3.66. The van der Waals surface area contributed by atoms with Gasteiger partial charge in [0.15, 0.2) is 0 Å². The number of carbonyl (C=O) groups is 2. The molecule has 0 radical (unpaired) electrons. The van der Waals surface area contributed by atoms with Gasteiger partial charge in [-0.05, 0) is 64.2 Å². The number of hydrogen-bond donors (Lipinski definition) is 0. The quantitative estimate of drug-likeness (QED) is 0.0274. The molecule has 0 amide bonds. The summed E-state index contributed by atoms with van der Waals surface area (Å²) in [4.78, 5) is 24.6. The van der Waals surface area contributed by atoms with Crippen molar-refractivity contribution in [3.63, 3.8) is 0 Å². The molecule has 0 atom stereocenters. The zero-order valence-corrected chi connectivity index (χ0v) is 32.9. The Hall–Kier alpha value is -1.67. The monoisotopic (exact) mass is 713 g/mol. The van der Waals surface area contributed by atoms with Crippen LogP contribution in [0.1, 0.15) is 194 Å². The fraction of sp³-hybridized carbons (Fsp3) is 0.854. The van der Waals surface area contributed by atoms with E-state index in [1.807, 2.05) is 0 Å². The van der Waals surface area contributed by atoms with Gasteiger partial charge in [0.1, 0.15) is 0 Å². The van der Waals surface area contributed by atoms with Crippen LogP contribution in [0.25, 0.3) is 0 Å². The molecule has 0 heterocycles. The van der Waals surface area contributed by atoms with Crippen molar-refractivity contribution in [2.24, 2.45) is 5.92 Å². The van der Waals surface area contributed by atoms with Crippen LogP contribution >= 0.6 is 0 Å². The second-order valence-corrected chi connectivity index (χ2v) is 15.5. The summed E-state index contributed by atoms with van der Waals surface area (Å²) >= 11 is 0. The molecule has 49 heavy (non-hydrogen) atoms. The van der Waals surface area contributed by atoms with Crippen LogP contribution in [0, 0.1) is 5.92 Å². The van der Waals surface area contributed by atoms with Crippen LogP contribution in [0.3, 0.4) is 0 Å². The average Bonchev–Trinajstić information content (AvgIpc) is 3.07. The standard InChI is InChI=1S/C41H76O7S/c1-4-6-8-10-12-14-16-18-20-22-24-26-28-30-32-34-40(42)46-36-39(38-48-49(3,44)45)37-47-41(43)35-33-31-29-27-25-23-21-19-17-15-13-11-9-7-5-2/h18-21,39H,4-17,22-38H2,1-3H3/b20-18-,21-19-. The lowest BCUT2D eigenvalue weighted by molar-refractivity contribution is -0.149. The van der Waals surface area contributed by atoms with E-state index in [9.17, 15) is 18.0 Å². The van der Waals surface area contributed by atoms with Crippen molar-refractivity contribution in [3.05, 3.63) is 24.3 Å². The Morgan fingerprint density at radius 2 is 0.776 bits per heavy atom. The van der Waals surface area contributed by atoms with Gasteiger partial charge in [-0.15, -0.1) is 0 Å². The van der Waals surface area contributed by atoms with Gasteiger partial charge in [-0.25, -0.2) is 0 Å². The van der Waals surface area contributed by atoms with E-state index < -0.39 is 16.0 Å². The highest BCUT2D eigenvalue weighted by Gasteiger charge is 2.18. The van der Waals surface area contributed by atoms with Gasteiger partial charge in [0.2, 0.25) is 0 Å². The van der Waals surface area contributed by atoms with Gasteiger partial charge >= 0.3 is 11.9 Å². The number of esters is 2. The lowest BCUT2D eigenvalue weighted by Gasteiger charge is -2.17. The summed E-state index contributed by atoms with van der Waals surface area (Å²) in [5.41, 5.74) is 0. The highest BCUT2D eigenvalue weighted by Crippen LogP contribution is 2.13. The third-order valence-corrected chi connectivity index (χ3v) is 9.33. The minimum absolute atomic E-state index is 0.0416. The summed E-state index contributed by atoms with van der Waals surface area (Å²) in [5, 5.41) is 0. The zero-order valence-electron chi connectivity index (χ0n) is 32.1. The second-order valence-electron chi connectivity index (χ2n) is 13.9. The first-order valence-electron chi connectivity index (χ1n) is 20.2. The highest BCUT2D eigenvalue weighted by molar-refractivity contribution is 7.85. The molecular formula is C41H76O7S. The van der Waals surface area contributed by atoms with Crippen LogP contribution in [0.4, 0.5) is 0 Å². The summed E-state index contributed by atoms with van der Waals surface area (Å²) in [5.74, 6) is -1.17. The molecule has 0 N–H and O–H groups in total. The smallest absolute Gasteiger partial charge is 0.305 e. The first-order chi connectivity index (χ1) is 23.8. The Bertz CT molecular complexity index is 857. The highest BCUT2D eigenvalue weighted by atomic mass is 32.2. The molecule has 288 valence electrons. The third kappa shape index (κ3) is 39.0. The van der Waals surface area contributed by atoms with Crippen molar-refractivity contribution in [1.82, 2.24) is 0 Å². The van der Waals surface area contributed by atoms with Gasteiger partial charge in [-0.2, -0.15) is 8.42 Å². The van der Waals surface area contributed by atoms with Crippen LogP contribution < -0.4 is 0 Å². The molecule has 0 aromatic carbocycles. The van der Waals surface area contributed by atoms with E-state index in [0.29, 0.717) is 12.8 Å². The maximum Gasteiger partial charge on any atom is 0.305 e. The van der Waals surface area contributed by atoms with Crippen LogP contribution in [0.15, 0.2) is 24.3 Å². The van der Waals surface area contributed by atoms with Crippen molar-refractivity contribution in [1.29, 1.82) is 0 Å². The topological polar surface area (TPSA) is 96.0 Å². The Morgan fingerprint density at radius 1 is 0.469 bits per heavy atom. The van der Waals surface area contributed by atoms with Gasteiger partial charge in [-0.3, -0.25) is 13.8 Å². The Morgan fingerprint density at radius 3 is 1.10 bits per heavy atom. The van der Waals surface area contributed by atoms with Gasteiger partial charge in [0, 0.05) is 12.8 Å². The molecule has 0 aliphatic carbocycles. The summed E-state index contributed by atoms with van der Waals surface area (Å²) in [7, 11) is -3.66. The van der Waals surface area contributed by atoms with E-state index in [0.717, 1.165) is 70.5 Å². The molecule has 0 aromatic heterocycles.